The molecular formula is C37H66BrFNi. The molecule has 0 aliphatic heterocycles. The molecule has 11 rings (SSSR count). The Morgan fingerprint density at radius 3 is 0.950 bits per heavy atom. The Morgan fingerprint density at radius 2 is 0.775 bits per heavy atom. The van der Waals surface area contributed by atoms with E-state index < -0.39 is 0 Å². The largest absolute Gasteiger partial charge is 0.269 e. The van der Waals surface area contributed by atoms with E-state index in [0.717, 1.165) is 47.3 Å². The van der Waals surface area contributed by atoms with Crippen LogP contribution in [0, 0.1) is 40.9 Å². The van der Waals surface area contributed by atoms with Crippen molar-refractivity contribution in [3.8, 4) is 0 Å². The van der Waals surface area contributed by atoms with Crippen LogP contribution in [0.1, 0.15) is 163 Å². The van der Waals surface area contributed by atoms with Crippen LogP contribution in [0.5, 0.6) is 0 Å². The van der Waals surface area contributed by atoms with Crippen LogP contribution in [0.15, 0.2) is 24.3 Å². The zero-order valence-corrected chi connectivity index (χ0v) is 27.7. The standard InChI is InChI=1S/C11H18.C10H15Br.2C5H10.C5H6.CH4.FH.Ni.H2/c1-11-5-8-2-9(6-11)4-10(3-8)7-11;11-10-4-7-1-8(5-10)3-9(2-7)6-10;3*1-2-4-5-3-1;;;;/h8-10H,2-7H2,1H3;7-9H,1-6H2;2*1-5H2;1-4H,5H2;1H4;1H;;1H/i;;;;;;;;1+2. The molecule has 0 unspecified atom stereocenters. The van der Waals surface area contributed by atoms with Crippen LogP contribution in [-0.2, 0) is 16.5 Å². The Labute approximate surface area is 269 Å². The molecule has 10 saturated carbocycles. The summed E-state index contributed by atoms with van der Waals surface area (Å²) in [5, 5.41) is 0. The third kappa shape index (κ3) is 11.1. The molecule has 238 valence electrons. The predicted molar refractivity (Wildman–Crippen MR) is 177 cm³/mol. The molecule has 0 nitrogen and oxygen atoms in total. The Bertz CT molecular complexity index is 608. The second kappa shape index (κ2) is 17.6. The SMILES string of the molecule is BrC12CC3CC(CC(C3)C1)C2.C.C1=CCC=C1.C1CCCC1.C1CCCC1.CC12CC3CC(CC(C3)C1)C2.F.[3HH].[Ni]. The van der Waals surface area contributed by atoms with Gasteiger partial charge in [0.1, 0.15) is 0 Å². The van der Waals surface area contributed by atoms with Crippen molar-refractivity contribution < 1.29 is 22.6 Å². The van der Waals surface area contributed by atoms with Gasteiger partial charge in [0.25, 0.3) is 0 Å². The molecule has 0 atom stereocenters. The number of rotatable bonds is 0. The quantitative estimate of drug-likeness (QED) is 0.178. The van der Waals surface area contributed by atoms with Crippen molar-refractivity contribution in [3.05, 3.63) is 24.3 Å². The van der Waals surface area contributed by atoms with Crippen molar-refractivity contribution in [2.24, 2.45) is 40.9 Å². The minimum absolute atomic E-state index is 0. The number of alkyl halides is 1. The summed E-state index contributed by atoms with van der Waals surface area (Å²) in [6.45, 7) is 2.54. The first kappa shape index (κ1) is 36.6. The molecule has 8 bridgehead atoms. The fraction of sp³-hybridized carbons (Fsp3) is 0.892. The summed E-state index contributed by atoms with van der Waals surface area (Å²) < 4.78 is 0.613. The molecule has 0 amide bonds. The Kier molecular flexibility index (Phi) is 16.1. The summed E-state index contributed by atoms with van der Waals surface area (Å²) in [6.07, 6.45) is 43.1. The van der Waals surface area contributed by atoms with Gasteiger partial charge in [-0.2, -0.15) is 0 Å². The van der Waals surface area contributed by atoms with E-state index in [1.165, 1.54) is 83.5 Å². The van der Waals surface area contributed by atoms with E-state index in [1.54, 1.807) is 57.8 Å². The summed E-state index contributed by atoms with van der Waals surface area (Å²) >= 11 is 3.96. The molecule has 0 heterocycles. The smallest absolute Gasteiger partial charge is 0.0266 e. The van der Waals surface area contributed by atoms with Gasteiger partial charge in [-0.3, -0.25) is 4.70 Å². The average molecular weight is 671 g/mol. The van der Waals surface area contributed by atoms with Gasteiger partial charge in [-0.25, -0.2) is 0 Å². The molecule has 0 N–H and O–H groups in total. The van der Waals surface area contributed by atoms with E-state index in [-0.39, 0.29) is 30.0 Å². The van der Waals surface area contributed by atoms with Gasteiger partial charge in [0, 0.05) is 22.2 Å². The molecule has 0 aromatic heterocycles. The van der Waals surface area contributed by atoms with Crippen molar-refractivity contribution in [1.82, 2.24) is 0 Å². The minimum Gasteiger partial charge on any atom is -0.269 e. The molecular weight excluding hydrogens is 602 g/mol. The number of allylic oxidation sites excluding steroid dienone is 4. The van der Waals surface area contributed by atoms with E-state index >= 15 is 0 Å². The van der Waals surface area contributed by atoms with E-state index in [4.69, 9.17) is 0 Å². The normalized spacial score (nSPS) is 41.4. The van der Waals surface area contributed by atoms with Gasteiger partial charge in [-0.05, 0) is 124 Å². The summed E-state index contributed by atoms with van der Waals surface area (Å²) in [5.74, 6) is 6.73. The molecule has 11 aliphatic carbocycles. The van der Waals surface area contributed by atoms with Crippen molar-refractivity contribution in [3.63, 3.8) is 0 Å². The first-order valence-electron chi connectivity index (χ1n) is 17.0. The van der Waals surface area contributed by atoms with E-state index in [0.29, 0.717) is 4.32 Å². The Hall–Kier alpha value is 0.384. The topological polar surface area (TPSA) is 0 Å². The summed E-state index contributed by atoms with van der Waals surface area (Å²) in [7, 11) is 0. The molecule has 0 radical (unpaired) electrons. The van der Waals surface area contributed by atoms with E-state index in [9.17, 15) is 0 Å². The third-order valence-corrected chi connectivity index (χ3v) is 12.4. The third-order valence-electron chi connectivity index (χ3n) is 11.5. The van der Waals surface area contributed by atoms with Gasteiger partial charge in [0.15, 0.2) is 0 Å². The first-order valence-corrected chi connectivity index (χ1v) is 17.8. The zero-order valence-electron chi connectivity index (χ0n) is 25.1. The van der Waals surface area contributed by atoms with Gasteiger partial charge in [-0.15, -0.1) is 0 Å². The zero-order chi connectivity index (χ0) is 25.6. The fourth-order valence-corrected chi connectivity index (χ4v) is 12.1. The molecule has 0 aromatic carbocycles. The second-order valence-corrected chi connectivity index (χ2v) is 17.1. The van der Waals surface area contributed by atoms with Crippen LogP contribution in [0.25, 0.3) is 0 Å². The van der Waals surface area contributed by atoms with Crippen LogP contribution < -0.4 is 0 Å². The van der Waals surface area contributed by atoms with Crippen molar-refractivity contribution >= 4 is 15.9 Å². The van der Waals surface area contributed by atoms with Gasteiger partial charge >= 0.3 is 0 Å². The van der Waals surface area contributed by atoms with Gasteiger partial charge < -0.3 is 0 Å². The molecule has 3 heteroatoms. The molecule has 11 aliphatic rings. The van der Waals surface area contributed by atoms with Crippen molar-refractivity contribution in [1.29, 1.82) is 0 Å². The van der Waals surface area contributed by atoms with Gasteiger partial charge in [-0.1, -0.05) is 119 Å². The average Bonchev–Trinajstić information content (AvgIpc) is 3.66. The number of hydrogen-bond acceptors (Lipinski definition) is 0. The maximum atomic E-state index is 3.96. The summed E-state index contributed by atoms with van der Waals surface area (Å²) in [4.78, 5) is 0. The molecule has 0 saturated heterocycles. The number of halogens is 2. The van der Waals surface area contributed by atoms with Crippen LogP contribution in [0.3, 0.4) is 0 Å². The van der Waals surface area contributed by atoms with Crippen LogP contribution in [0.2, 0.25) is 0 Å². The van der Waals surface area contributed by atoms with Crippen LogP contribution in [-0.4, -0.2) is 4.32 Å². The van der Waals surface area contributed by atoms with E-state index in [2.05, 4.69) is 47.2 Å². The summed E-state index contributed by atoms with van der Waals surface area (Å²) in [5.41, 5.74) is 0.800. The first-order chi connectivity index (χ1) is 18.0. The minimum atomic E-state index is 0. The maximum absolute atomic E-state index is 3.96. The molecule has 40 heavy (non-hydrogen) atoms. The molecule has 0 aromatic rings. The monoisotopic (exact) mass is 668 g/mol. The number of hydrogen-bond donors (Lipinski definition) is 0. The molecule has 10 fully saturated rings. The summed E-state index contributed by atoms with van der Waals surface area (Å²) in [6, 6.07) is 0. The maximum Gasteiger partial charge on any atom is 0.0266 e. The van der Waals surface area contributed by atoms with Crippen molar-refractivity contribution in [2.75, 3.05) is 0 Å². The Balaban J connectivity index is 0.000000263. The van der Waals surface area contributed by atoms with Crippen LogP contribution >= 0.6 is 15.9 Å². The van der Waals surface area contributed by atoms with Crippen LogP contribution in [0.4, 0.5) is 4.70 Å². The van der Waals surface area contributed by atoms with E-state index in [1.807, 2.05) is 0 Å². The molecule has 0 spiro atoms. The van der Waals surface area contributed by atoms with Gasteiger partial charge in [0.2, 0.25) is 0 Å². The van der Waals surface area contributed by atoms with Crippen molar-refractivity contribution in [2.45, 2.75) is 166 Å². The second-order valence-electron chi connectivity index (χ2n) is 15.4. The van der Waals surface area contributed by atoms with Gasteiger partial charge in [0.05, 0.1) is 0 Å². The predicted octanol–water partition coefficient (Wildman–Crippen LogP) is 13.0. The fourth-order valence-electron chi connectivity index (χ4n) is 10.7. The Morgan fingerprint density at radius 1 is 0.525 bits per heavy atom.